The van der Waals surface area contributed by atoms with Crippen LogP contribution < -0.4 is 0 Å². The summed E-state index contributed by atoms with van der Waals surface area (Å²) < 4.78 is 15.9. The number of aromatic carboxylic acids is 1. The molecule has 0 aliphatic carbocycles. The lowest BCUT2D eigenvalue weighted by atomic mass is 10.1. The van der Waals surface area contributed by atoms with Gasteiger partial charge in [0.2, 0.25) is 5.82 Å². The molecule has 1 fully saturated rings. The second-order valence-corrected chi connectivity index (χ2v) is 4.24. The van der Waals surface area contributed by atoms with Crippen molar-refractivity contribution in [1.82, 2.24) is 10.1 Å². The van der Waals surface area contributed by atoms with Gasteiger partial charge in [0.1, 0.15) is 6.10 Å². The van der Waals surface area contributed by atoms with Crippen molar-refractivity contribution in [1.29, 1.82) is 0 Å². The van der Waals surface area contributed by atoms with Gasteiger partial charge < -0.3 is 19.1 Å². The fourth-order valence-corrected chi connectivity index (χ4v) is 1.97. The van der Waals surface area contributed by atoms with Crippen LogP contribution in [0.4, 0.5) is 0 Å². The highest BCUT2D eigenvalue weighted by molar-refractivity contribution is 5.94. The van der Waals surface area contributed by atoms with E-state index in [1.54, 1.807) is 18.2 Å². The zero-order valence-electron chi connectivity index (χ0n) is 10.5. The maximum Gasteiger partial charge on any atom is 0.336 e. The number of carbonyl (C=O) groups is 1. The number of carboxylic acid groups (broad SMARTS) is 1. The molecule has 3 rings (SSSR count). The van der Waals surface area contributed by atoms with E-state index < -0.39 is 5.97 Å². The molecule has 1 aromatic heterocycles. The van der Waals surface area contributed by atoms with E-state index in [1.807, 2.05) is 0 Å². The molecule has 0 spiro atoms. The third kappa shape index (κ3) is 2.40. The molecule has 1 saturated heterocycles. The molecule has 1 aliphatic rings. The molecule has 20 heavy (non-hydrogen) atoms. The quantitative estimate of drug-likeness (QED) is 0.908. The van der Waals surface area contributed by atoms with Crippen molar-refractivity contribution in [2.24, 2.45) is 0 Å². The molecule has 1 aliphatic heterocycles. The standard InChI is InChI=1S/C13H12N2O5/c16-13(17)9-4-2-1-3-8(9)12-14-11(15-20-12)10-7-18-5-6-19-10/h1-4,10H,5-7H2,(H,16,17). The van der Waals surface area contributed by atoms with Gasteiger partial charge in [0.25, 0.3) is 5.89 Å². The minimum atomic E-state index is -1.04. The first kappa shape index (κ1) is 12.8. The Morgan fingerprint density at radius 3 is 2.90 bits per heavy atom. The molecule has 7 nitrogen and oxygen atoms in total. The van der Waals surface area contributed by atoms with Crippen LogP contribution in [0.1, 0.15) is 22.3 Å². The predicted molar refractivity (Wildman–Crippen MR) is 66.2 cm³/mol. The van der Waals surface area contributed by atoms with Crippen LogP contribution in [-0.2, 0) is 9.47 Å². The molecule has 1 atom stereocenters. The number of carboxylic acids is 1. The van der Waals surface area contributed by atoms with Gasteiger partial charge in [-0.1, -0.05) is 17.3 Å². The lowest BCUT2D eigenvalue weighted by Gasteiger charge is -2.19. The van der Waals surface area contributed by atoms with Crippen LogP contribution >= 0.6 is 0 Å². The number of aromatic nitrogens is 2. The van der Waals surface area contributed by atoms with Gasteiger partial charge in [0.15, 0.2) is 0 Å². The summed E-state index contributed by atoms with van der Waals surface area (Å²) in [7, 11) is 0. The van der Waals surface area contributed by atoms with Gasteiger partial charge in [-0.25, -0.2) is 4.79 Å². The Bertz CT molecular complexity index is 619. The highest BCUT2D eigenvalue weighted by Gasteiger charge is 2.24. The summed E-state index contributed by atoms with van der Waals surface area (Å²) in [4.78, 5) is 15.4. The van der Waals surface area contributed by atoms with Crippen LogP contribution in [0.2, 0.25) is 0 Å². The molecule has 1 aromatic carbocycles. The van der Waals surface area contributed by atoms with E-state index in [2.05, 4.69) is 10.1 Å². The van der Waals surface area contributed by atoms with Gasteiger partial charge in [-0.05, 0) is 12.1 Å². The molecule has 0 bridgehead atoms. The van der Waals surface area contributed by atoms with Crippen LogP contribution in [0.3, 0.4) is 0 Å². The Hall–Kier alpha value is -2.25. The van der Waals surface area contributed by atoms with Crippen molar-refractivity contribution >= 4 is 5.97 Å². The summed E-state index contributed by atoms with van der Waals surface area (Å²) in [6, 6.07) is 6.47. The van der Waals surface area contributed by atoms with Gasteiger partial charge >= 0.3 is 5.97 Å². The number of benzene rings is 1. The van der Waals surface area contributed by atoms with E-state index in [4.69, 9.17) is 19.1 Å². The second kappa shape index (κ2) is 5.40. The maximum atomic E-state index is 11.2. The van der Waals surface area contributed by atoms with Crippen LogP contribution in [0.25, 0.3) is 11.5 Å². The average molecular weight is 276 g/mol. The molecular weight excluding hydrogens is 264 g/mol. The normalized spacial score (nSPS) is 18.9. The molecule has 1 unspecified atom stereocenters. The maximum absolute atomic E-state index is 11.2. The number of ether oxygens (including phenoxy) is 2. The lowest BCUT2D eigenvalue weighted by molar-refractivity contribution is -0.0941. The average Bonchev–Trinajstić information content (AvgIpc) is 2.98. The number of rotatable bonds is 3. The van der Waals surface area contributed by atoms with E-state index in [1.165, 1.54) is 6.07 Å². The third-order valence-electron chi connectivity index (χ3n) is 2.93. The molecule has 0 saturated carbocycles. The summed E-state index contributed by atoms with van der Waals surface area (Å²) in [5.74, 6) is -0.523. The highest BCUT2D eigenvalue weighted by atomic mass is 16.6. The van der Waals surface area contributed by atoms with E-state index in [0.717, 1.165) is 0 Å². The van der Waals surface area contributed by atoms with Crippen LogP contribution in [0.15, 0.2) is 28.8 Å². The van der Waals surface area contributed by atoms with Gasteiger partial charge in [0.05, 0.1) is 30.9 Å². The SMILES string of the molecule is O=C(O)c1ccccc1-c1nc(C2COCCO2)no1. The molecule has 1 N–H and O–H groups in total. The smallest absolute Gasteiger partial charge is 0.336 e. The van der Waals surface area contributed by atoms with Gasteiger partial charge in [0, 0.05) is 0 Å². The Morgan fingerprint density at radius 2 is 2.15 bits per heavy atom. The van der Waals surface area contributed by atoms with Crippen molar-refractivity contribution < 1.29 is 23.9 Å². The first-order chi connectivity index (χ1) is 9.75. The molecule has 0 radical (unpaired) electrons. The second-order valence-electron chi connectivity index (χ2n) is 4.24. The minimum absolute atomic E-state index is 0.114. The first-order valence-corrected chi connectivity index (χ1v) is 6.11. The van der Waals surface area contributed by atoms with Gasteiger partial charge in [-0.15, -0.1) is 0 Å². The summed E-state index contributed by atoms with van der Waals surface area (Å²) in [6.45, 7) is 1.38. The van der Waals surface area contributed by atoms with E-state index in [-0.39, 0.29) is 17.6 Å². The molecular formula is C13H12N2O5. The Labute approximate surface area is 114 Å². The number of hydrogen-bond acceptors (Lipinski definition) is 6. The predicted octanol–water partition coefficient (Wildman–Crippen LogP) is 1.52. The van der Waals surface area contributed by atoms with Crippen molar-refractivity contribution in [3.05, 3.63) is 35.7 Å². The molecule has 0 amide bonds. The Balaban J connectivity index is 1.92. The minimum Gasteiger partial charge on any atom is -0.478 e. The Morgan fingerprint density at radius 1 is 1.30 bits per heavy atom. The zero-order valence-corrected chi connectivity index (χ0v) is 10.5. The summed E-state index contributed by atoms with van der Waals surface area (Å²) >= 11 is 0. The van der Waals surface area contributed by atoms with Crippen LogP contribution in [-0.4, -0.2) is 41.0 Å². The fourth-order valence-electron chi connectivity index (χ4n) is 1.97. The first-order valence-electron chi connectivity index (χ1n) is 6.11. The zero-order chi connectivity index (χ0) is 13.9. The lowest BCUT2D eigenvalue weighted by Crippen LogP contribution is -2.22. The molecule has 2 heterocycles. The number of nitrogens with zero attached hydrogens (tertiary/aromatic N) is 2. The van der Waals surface area contributed by atoms with Crippen molar-refractivity contribution in [2.75, 3.05) is 19.8 Å². The molecule has 7 heteroatoms. The fraction of sp³-hybridized carbons (Fsp3) is 0.308. The van der Waals surface area contributed by atoms with Gasteiger partial charge in [-0.3, -0.25) is 0 Å². The Kier molecular flexibility index (Phi) is 3.44. The monoisotopic (exact) mass is 276 g/mol. The topological polar surface area (TPSA) is 94.7 Å². The molecule has 2 aromatic rings. The van der Waals surface area contributed by atoms with E-state index in [9.17, 15) is 4.79 Å². The largest absolute Gasteiger partial charge is 0.478 e. The van der Waals surface area contributed by atoms with Crippen LogP contribution in [0, 0.1) is 0 Å². The van der Waals surface area contributed by atoms with Gasteiger partial charge in [-0.2, -0.15) is 4.98 Å². The number of hydrogen-bond donors (Lipinski definition) is 1. The van der Waals surface area contributed by atoms with E-state index >= 15 is 0 Å². The van der Waals surface area contributed by atoms with Crippen LogP contribution in [0.5, 0.6) is 0 Å². The highest BCUT2D eigenvalue weighted by Crippen LogP contribution is 2.25. The van der Waals surface area contributed by atoms with E-state index in [0.29, 0.717) is 31.2 Å². The summed E-state index contributed by atoms with van der Waals surface area (Å²) in [5, 5.41) is 13.0. The summed E-state index contributed by atoms with van der Waals surface area (Å²) in [5.41, 5.74) is 0.499. The van der Waals surface area contributed by atoms with Crippen molar-refractivity contribution in [2.45, 2.75) is 6.10 Å². The van der Waals surface area contributed by atoms with Crippen molar-refractivity contribution in [3.8, 4) is 11.5 Å². The third-order valence-corrected chi connectivity index (χ3v) is 2.93. The van der Waals surface area contributed by atoms with Crippen molar-refractivity contribution in [3.63, 3.8) is 0 Å². The molecule has 104 valence electrons. The summed E-state index contributed by atoms with van der Waals surface area (Å²) in [6.07, 6.45) is -0.377.